The van der Waals surface area contributed by atoms with E-state index in [0.717, 1.165) is 17.9 Å². The van der Waals surface area contributed by atoms with Crippen LogP contribution in [0, 0.1) is 12.4 Å². The summed E-state index contributed by atoms with van der Waals surface area (Å²) >= 11 is 1.50. The fourth-order valence-corrected chi connectivity index (χ4v) is 1.65. The first-order valence-corrected chi connectivity index (χ1v) is 5.33. The molecule has 0 bridgehead atoms. The molecule has 14 heavy (non-hydrogen) atoms. The molecule has 0 aliphatic carbocycles. The highest BCUT2D eigenvalue weighted by atomic mass is 32.1. The van der Waals surface area contributed by atoms with Crippen molar-refractivity contribution in [2.24, 2.45) is 0 Å². The van der Waals surface area contributed by atoms with Gasteiger partial charge in [0.2, 0.25) is 0 Å². The summed E-state index contributed by atoms with van der Waals surface area (Å²) in [5.74, 6) is 0. The lowest BCUT2D eigenvalue weighted by Gasteiger charge is -2.03. The van der Waals surface area contributed by atoms with Gasteiger partial charge in [-0.05, 0) is 19.1 Å². The van der Waals surface area contributed by atoms with Crippen LogP contribution >= 0.6 is 11.3 Å². The van der Waals surface area contributed by atoms with Crippen LogP contribution in [-0.4, -0.2) is 4.98 Å². The van der Waals surface area contributed by atoms with Crippen molar-refractivity contribution in [3.8, 4) is 0 Å². The number of nitrogens with zero attached hydrogens (tertiary/aromatic N) is 1. The summed E-state index contributed by atoms with van der Waals surface area (Å²) in [6.45, 7) is 2.85. The van der Waals surface area contributed by atoms with Crippen LogP contribution in [0.4, 0.5) is 5.69 Å². The Balaban J connectivity index is 1.95. The fraction of sp³-hybridized carbons (Fsp3) is 0.182. The zero-order valence-corrected chi connectivity index (χ0v) is 8.77. The molecule has 0 fully saturated rings. The molecule has 2 nitrogen and oxygen atoms in total. The third-order valence-corrected chi connectivity index (χ3v) is 2.55. The van der Waals surface area contributed by atoms with Crippen molar-refractivity contribution in [1.29, 1.82) is 0 Å². The van der Waals surface area contributed by atoms with Gasteiger partial charge in [0.25, 0.3) is 0 Å². The molecule has 71 valence electrons. The van der Waals surface area contributed by atoms with Crippen molar-refractivity contribution in [3.63, 3.8) is 0 Å². The summed E-state index contributed by atoms with van der Waals surface area (Å²) in [7, 11) is 0. The monoisotopic (exact) mass is 203 g/mol. The Labute approximate surface area is 87.6 Å². The van der Waals surface area contributed by atoms with Crippen LogP contribution in [0.1, 0.15) is 11.3 Å². The van der Waals surface area contributed by atoms with Crippen LogP contribution < -0.4 is 5.32 Å². The number of rotatable bonds is 3. The maximum atomic E-state index is 4.08. The third kappa shape index (κ3) is 2.33. The highest BCUT2D eigenvalue weighted by Crippen LogP contribution is 2.10. The molecule has 0 atom stereocenters. The van der Waals surface area contributed by atoms with Crippen molar-refractivity contribution < 1.29 is 0 Å². The van der Waals surface area contributed by atoms with Crippen molar-refractivity contribution in [3.05, 3.63) is 46.4 Å². The first-order valence-electron chi connectivity index (χ1n) is 4.45. The van der Waals surface area contributed by atoms with Gasteiger partial charge in [-0.15, -0.1) is 11.3 Å². The lowest BCUT2D eigenvalue weighted by atomic mass is 10.2. The highest BCUT2D eigenvalue weighted by Gasteiger charge is 1.95. The molecule has 3 heteroatoms. The van der Waals surface area contributed by atoms with Gasteiger partial charge in [0, 0.05) is 11.1 Å². The summed E-state index contributed by atoms with van der Waals surface area (Å²) in [6.07, 6.45) is 0. The van der Waals surface area contributed by atoms with Crippen LogP contribution in [0.15, 0.2) is 29.6 Å². The SMILES string of the molecule is Cc1ccc(NCc2cs[c]n2)cc1. The van der Waals surface area contributed by atoms with E-state index in [1.54, 1.807) is 0 Å². The Kier molecular flexibility index (Phi) is 2.79. The Morgan fingerprint density at radius 1 is 1.36 bits per heavy atom. The van der Waals surface area contributed by atoms with Crippen LogP contribution in [0.25, 0.3) is 0 Å². The number of hydrogen-bond donors (Lipinski definition) is 1. The zero-order chi connectivity index (χ0) is 9.80. The van der Waals surface area contributed by atoms with Gasteiger partial charge in [-0.3, -0.25) is 0 Å². The molecule has 1 radical (unpaired) electrons. The van der Waals surface area contributed by atoms with Gasteiger partial charge in [-0.1, -0.05) is 17.7 Å². The summed E-state index contributed by atoms with van der Waals surface area (Å²) in [5, 5.41) is 5.30. The van der Waals surface area contributed by atoms with Crippen LogP contribution in [0.2, 0.25) is 0 Å². The average Bonchev–Trinajstić information content (AvgIpc) is 2.70. The van der Waals surface area contributed by atoms with Crippen LogP contribution in [0.5, 0.6) is 0 Å². The summed E-state index contributed by atoms with van der Waals surface area (Å²) in [6, 6.07) is 8.34. The van der Waals surface area contributed by atoms with Gasteiger partial charge < -0.3 is 5.32 Å². The Hall–Kier alpha value is -1.35. The number of aryl methyl sites for hydroxylation is 1. The molecule has 0 aliphatic heterocycles. The summed E-state index contributed by atoms with van der Waals surface area (Å²) in [4.78, 5) is 4.08. The molecule has 2 rings (SSSR count). The lowest BCUT2D eigenvalue weighted by molar-refractivity contribution is 1.07. The molecule has 1 aromatic heterocycles. The predicted molar refractivity (Wildman–Crippen MR) is 59.5 cm³/mol. The van der Waals surface area contributed by atoms with Gasteiger partial charge in [0.15, 0.2) is 5.51 Å². The molecule has 0 saturated carbocycles. The molecular formula is C11H11N2S. The highest BCUT2D eigenvalue weighted by molar-refractivity contribution is 7.07. The molecule has 0 amide bonds. The summed E-state index contributed by atoms with van der Waals surface area (Å²) in [5.41, 5.74) is 6.27. The molecule has 1 N–H and O–H groups in total. The van der Waals surface area contributed by atoms with E-state index >= 15 is 0 Å². The Morgan fingerprint density at radius 2 is 2.14 bits per heavy atom. The van der Waals surface area contributed by atoms with E-state index in [4.69, 9.17) is 0 Å². The van der Waals surface area contributed by atoms with E-state index < -0.39 is 0 Å². The van der Waals surface area contributed by atoms with Crippen molar-refractivity contribution in [2.45, 2.75) is 13.5 Å². The Morgan fingerprint density at radius 3 is 2.79 bits per heavy atom. The minimum atomic E-state index is 0.767. The average molecular weight is 203 g/mol. The largest absolute Gasteiger partial charge is 0.379 e. The predicted octanol–water partition coefficient (Wildman–Crippen LogP) is 2.86. The second kappa shape index (κ2) is 4.24. The normalized spacial score (nSPS) is 10.1. The number of thiazole rings is 1. The van der Waals surface area contributed by atoms with Gasteiger partial charge in [-0.2, -0.15) is 0 Å². The summed E-state index contributed by atoms with van der Waals surface area (Å²) < 4.78 is 0. The zero-order valence-electron chi connectivity index (χ0n) is 7.95. The van der Waals surface area contributed by atoms with Gasteiger partial charge in [0.1, 0.15) is 0 Å². The van der Waals surface area contributed by atoms with E-state index in [0.29, 0.717) is 0 Å². The van der Waals surface area contributed by atoms with Crippen LogP contribution in [0.3, 0.4) is 0 Å². The molecule has 0 saturated heterocycles. The maximum absolute atomic E-state index is 4.08. The molecule has 0 spiro atoms. The molecule has 0 unspecified atom stereocenters. The lowest BCUT2D eigenvalue weighted by Crippen LogP contribution is -1.98. The molecule has 0 aliphatic rings. The second-order valence-corrected chi connectivity index (χ2v) is 3.80. The van der Waals surface area contributed by atoms with Crippen molar-refractivity contribution in [1.82, 2.24) is 4.98 Å². The smallest absolute Gasteiger partial charge is 0.152 e. The topological polar surface area (TPSA) is 24.9 Å². The first kappa shape index (κ1) is 9.21. The number of nitrogens with one attached hydrogen (secondary N) is 1. The van der Waals surface area contributed by atoms with E-state index in [9.17, 15) is 0 Å². The van der Waals surface area contributed by atoms with Gasteiger partial charge in [-0.25, -0.2) is 4.98 Å². The third-order valence-electron chi connectivity index (χ3n) is 1.96. The maximum Gasteiger partial charge on any atom is 0.152 e. The van der Waals surface area contributed by atoms with E-state index in [1.807, 2.05) is 5.38 Å². The Bertz CT molecular complexity index is 378. The van der Waals surface area contributed by atoms with Crippen molar-refractivity contribution >= 4 is 17.0 Å². The number of hydrogen-bond acceptors (Lipinski definition) is 3. The number of benzene rings is 1. The first-order chi connectivity index (χ1) is 6.84. The van der Waals surface area contributed by atoms with E-state index in [2.05, 4.69) is 47.0 Å². The second-order valence-electron chi connectivity index (χ2n) is 3.15. The quantitative estimate of drug-likeness (QED) is 0.829. The van der Waals surface area contributed by atoms with Gasteiger partial charge >= 0.3 is 0 Å². The van der Waals surface area contributed by atoms with E-state index in [1.165, 1.54) is 16.9 Å². The van der Waals surface area contributed by atoms with Crippen molar-refractivity contribution in [2.75, 3.05) is 5.32 Å². The minimum absolute atomic E-state index is 0.767. The standard InChI is InChI=1S/C11H11N2S/c1-9-2-4-10(5-3-9)12-6-11-7-14-8-13-11/h2-5,7,12H,6H2,1H3. The molecule has 2 aromatic rings. The van der Waals surface area contributed by atoms with Gasteiger partial charge in [0.05, 0.1) is 12.2 Å². The fourth-order valence-electron chi connectivity index (χ4n) is 1.15. The molecular weight excluding hydrogens is 192 g/mol. The molecule has 1 heterocycles. The number of anilines is 1. The number of aromatic nitrogens is 1. The minimum Gasteiger partial charge on any atom is -0.379 e. The van der Waals surface area contributed by atoms with Crippen LogP contribution in [-0.2, 0) is 6.54 Å². The molecule has 1 aromatic carbocycles. The van der Waals surface area contributed by atoms with E-state index in [-0.39, 0.29) is 0 Å².